The number of ketones is 1. The van der Waals surface area contributed by atoms with Crippen molar-refractivity contribution in [2.75, 3.05) is 0 Å². The van der Waals surface area contributed by atoms with Gasteiger partial charge in [0.05, 0.1) is 0 Å². The van der Waals surface area contributed by atoms with E-state index in [0.717, 1.165) is 0 Å². The summed E-state index contributed by atoms with van der Waals surface area (Å²) in [7, 11) is 0. The lowest BCUT2D eigenvalue weighted by atomic mass is 9.87. The van der Waals surface area contributed by atoms with Gasteiger partial charge in [0.15, 0.2) is 11.9 Å². The van der Waals surface area contributed by atoms with Crippen molar-refractivity contribution in [3.63, 3.8) is 0 Å². The monoisotopic (exact) mass is 268 g/mol. The second-order valence-corrected chi connectivity index (χ2v) is 5.11. The Hall–Kier alpha value is -2.01. The summed E-state index contributed by atoms with van der Waals surface area (Å²) in [6.07, 6.45) is -2.30. The molecule has 0 radical (unpaired) electrons. The number of aliphatic hydroxyl groups excluding tert-OH is 2. The van der Waals surface area contributed by atoms with Crippen LogP contribution >= 0.6 is 0 Å². The average Bonchev–Trinajstić information content (AvgIpc) is 2.90. The fourth-order valence-electron chi connectivity index (χ4n) is 3.23. The van der Waals surface area contributed by atoms with Crippen molar-refractivity contribution in [2.45, 2.75) is 18.0 Å². The summed E-state index contributed by atoms with van der Waals surface area (Å²) in [5.74, 6) is -0.301. The number of fused-ring (bicyclic) bond motifs is 3. The van der Waals surface area contributed by atoms with E-state index in [4.69, 9.17) is 4.74 Å². The zero-order valence-electron chi connectivity index (χ0n) is 10.5. The molecule has 3 atom stereocenters. The maximum Gasteiger partial charge on any atom is 0.202 e. The Kier molecular flexibility index (Phi) is 2.22. The van der Waals surface area contributed by atoms with Crippen LogP contribution < -0.4 is 0 Å². The number of Topliss-reactive ketones (excluding diaryl/α,β-unsaturated/α-hetero) is 1. The van der Waals surface area contributed by atoms with Crippen molar-refractivity contribution in [2.24, 2.45) is 0 Å². The van der Waals surface area contributed by atoms with Gasteiger partial charge in [-0.15, -0.1) is 0 Å². The highest BCUT2D eigenvalue weighted by Crippen LogP contribution is 2.55. The van der Waals surface area contributed by atoms with E-state index in [0.29, 0.717) is 22.3 Å². The van der Waals surface area contributed by atoms with Gasteiger partial charge in [0.25, 0.3) is 0 Å². The van der Waals surface area contributed by atoms with Crippen molar-refractivity contribution < 1.29 is 19.7 Å². The molecule has 4 nitrogen and oxygen atoms in total. The van der Waals surface area contributed by atoms with Gasteiger partial charge < -0.3 is 14.9 Å². The molecule has 1 aliphatic heterocycles. The van der Waals surface area contributed by atoms with Crippen molar-refractivity contribution >= 4 is 5.78 Å². The number of hydrogen-bond donors (Lipinski definition) is 2. The lowest BCUT2D eigenvalue weighted by molar-refractivity contribution is -0.185. The van der Waals surface area contributed by atoms with E-state index < -0.39 is 18.0 Å². The minimum Gasteiger partial charge on any atom is -0.384 e. The van der Waals surface area contributed by atoms with E-state index >= 15 is 0 Å². The van der Waals surface area contributed by atoms with E-state index in [2.05, 4.69) is 0 Å². The molecule has 2 aromatic rings. The number of benzene rings is 2. The molecule has 0 aromatic heterocycles. The van der Waals surface area contributed by atoms with E-state index in [1.54, 1.807) is 48.5 Å². The first-order valence-corrected chi connectivity index (χ1v) is 6.43. The van der Waals surface area contributed by atoms with Crippen LogP contribution in [0.3, 0.4) is 0 Å². The van der Waals surface area contributed by atoms with Crippen LogP contribution in [0, 0.1) is 0 Å². The summed E-state index contributed by atoms with van der Waals surface area (Å²) < 4.78 is 5.54. The van der Waals surface area contributed by atoms with Crippen LogP contribution in [0.4, 0.5) is 0 Å². The summed E-state index contributed by atoms with van der Waals surface area (Å²) in [6, 6.07) is 13.9. The molecular weight excluding hydrogens is 256 g/mol. The molecule has 0 fully saturated rings. The number of rotatable bonds is 0. The lowest BCUT2D eigenvalue weighted by Gasteiger charge is -2.26. The molecule has 2 aromatic carbocycles. The van der Waals surface area contributed by atoms with Crippen LogP contribution in [-0.4, -0.2) is 16.0 Å². The third-order valence-corrected chi connectivity index (χ3v) is 4.15. The topological polar surface area (TPSA) is 66.8 Å². The molecule has 0 saturated heterocycles. The highest BCUT2D eigenvalue weighted by atomic mass is 16.6. The van der Waals surface area contributed by atoms with Crippen molar-refractivity contribution in [1.29, 1.82) is 0 Å². The smallest absolute Gasteiger partial charge is 0.202 e. The molecule has 1 unspecified atom stereocenters. The first kappa shape index (κ1) is 11.8. The van der Waals surface area contributed by atoms with Gasteiger partial charge in [-0.05, 0) is 5.56 Å². The van der Waals surface area contributed by atoms with Crippen molar-refractivity contribution in [3.05, 3.63) is 70.8 Å². The number of ether oxygens (including phenoxy) is 1. The Morgan fingerprint density at radius 3 is 2.35 bits per heavy atom. The number of hydrogen-bond acceptors (Lipinski definition) is 4. The van der Waals surface area contributed by atoms with Gasteiger partial charge >= 0.3 is 0 Å². The van der Waals surface area contributed by atoms with Crippen LogP contribution in [0.1, 0.15) is 39.4 Å². The van der Waals surface area contributed by atoms with Gasteiger partial charge in [-0.25, -0.2) is 0 Å². The molecule has 0 saturated carbocycles. The van der Waals surface area contributed by atoms with Crippen LogP contribution in [0.25, 0.3) is 0 Å². The normalized spacial score (nSPS) is 30.6. The predicted molar refractivity (Wildman–Crippen MR) is 69.9 cm³/mol. The zero-order valence-corrected chi connectivity index (χ0v) is 10.5. The average molecular weight is 268 g/mol. The van der Waals surface area contributed by atoms with E-state index in [1.165, 1.54) is 0 Å². The number of carbonyl (C=O) groups is 1. The second kappa shape index (κ2) is 3.76. The molecule has 1 aliphatic carbocycles. The number of carbonyl (C=O) groups excluding carboxylic acids is 1. The van der Waals surface area contributed by atoms with Crippen LogP contribution in [0.15, 0.2) is 48.5 Å². The highest BCUT2D eigenvalue weighted by Gasteiger charge is 2.60. The highest BCUT2D eigenvalue weighted by molar-refractivity contribution is 6.08. The lowest BCUT2D eigenvalue weighted by Crippen LogP contribution is -2.36. The van der Waals surface area contributed by atoms with Crippen LogP contribution in [0.2, 0.25) is 0 Å². The van der Waals surface area contributed by atoms with E-state index in [9.17, 15) is 15.0 Å². The van der Waals surface area contributed by atoms with Gasteiger partial charge in [-0.3, -0.25) is 4.79 Å². The molecule has 1 heterocycles. The molecule has 1 spiro atoms. The summed E-state index contributed by atoms with van der Waals surface area (Å²) in [5.41, 5.74) is 0.555. The zero-order chi connectivity index (χ0) is 13.9. The first-order valence-electron chi connectivity index (χ1n) is 6.43. The van der Waals surface area contributed by atoms with Gasteiger partial charge in [-0.2, -0.15) is 0 Å². The SMILES string of the molecule is O=C1c2ccccc2[C@@H](O)[C@@]12OC(O)c1ccccc12. The molecule has 100 valence electrons. The van der Waals surface area contributed by atoms with Crippen LogP contribution in [0.5, 0.6) is 0 Å². The van der Waals surface area contributed by atoms with Gasteiger partial charge in [-0.1, -0.05) is 48.5 Å². The molecule has 20 heavy (non-hydrogen) atoms. The quantitative estimate of drug-likeness (QED) is 0.765. The van der Waals surface area contributed by atoms with Gasteiger partial charge in [0.2, 0.25) is 5.78 Å². The van der Waals surface area contributed by atoms with Gasteiger partial charge in [0, 0.05) is 16.7 Å². The predicted octanol–water partition coefficient (Wildman–Crippen LogP) is 1.83. The van der Waals surface area contributed by atoms with Crippen molar-refractivity contribution in [1.82, 2.24) is 0 Å². The molecule has 0 amide bonds. The first-order chi connectivity index (χ1) is 9.66. The minimum absolute atomic E-state index is 0.301. The molecular formula is C16H12O4. The standard InChI is InChI=1S/C16H12O4/c17-13-9-5-1-2-6-10(9)14(18)16(13)12-8-4-3-7-11(12)15(19)20-16/h1-8,13,15,17,19H/t13-,15?,16-/m1/s1. The Balaban J connectivity index is 1.99. The molecule has 4 rings (SSSR count). The summed E-state index contributed by atoms with van der Waals surface area (Å²) in [6.45, 7) is 0. The Labute approximate surface area is 115 Å². The third-order valence-electron chi connectivity index (χ3n) is 4.15. The summed E-state index contributed by atoms with van der Waals surface area (Å²) in [5, 5.41) is 20.6. The summed E-state index contributed by atoms with van der Waals surface area (Å²) >= 11 is 0. The van der Waals surface area contributed by atoms with Gasteiger partial charge in [0.1, 0.15) is 6.10 Å². The largest absolute Gasteiger partial charge is 0.384 e. The van der Waals surface area contributed by atoms with Crippen molar-refractivity contribution in [3.8, 4) is 0 Å². The molecule has 0 bridgehead atoms. The minimum atomic E-state index is -1.51. The fourth-order valence-corrected chi connectivity index (χ4v) is 3.23. The molecule has 2 N–H and O–H groups in total. The third kappa shape index (κ3) is 1.19. The maximum atomic E-state index is 12.7. The van der Waals surface area contributed by atoms with Crippen LogP contribution in [-0.2, 0) is 10.3 Å². The Morgan fingerprint density at radius 1 is 0.950 bits per heavy atom. The number of aliphatic hydroxyl groups is 2. The second-order valence-electron chi connectivity index (χ2n) is 5.11. The van der Waals surface area contributed by atoms with E-state index in [1.807, 2.05) is 0 Å². The fraction of sp³-hybridized carbons (Fsp3) is 0.188. The maximum absolute atomic E-state index is 12.7. The molecule has 2 aliphatic rings. The molecule has 4 heteroatoms. The summed E-state index contributed by atoms with van der Waals surface area (Å²) in [4.78, 5) is 12.7. The van der Waals surface area contributed by atoms with E-state index in [-0.39, 0.29) is 5.78 Å². The Bertz CT molecular complexity index is 724. The Morgan fingerprint density at radius 2 is 1.60 bits per heavy atom.